The summed E-state index contributed by atoms with van der Waals surface area (Å²) in [7, 11) is 1.85. The van der Waals surface area contributed by atoms with E-state index in [2.05, 4.69) is 58.5 Å². The maximum absolute atomic E-state index is 4.90. The van der Waals surface area contributed by atoms with Crippen molar-refractivity contribution in [2.24, 2.45) is 21.9 Å². The van der Waals surface area contributed by atoms with E-state index in [9.17, 15) is 0 Å². The maximum Gasteiger partial charge on any atom is 0.0477 e. The Kier molecular flexibility index (Phi) is 9.52. The molecule has 3 heteroatoms. The summed E-state index contributed by atoms with van der Waals surface area (Å²) in [6.45, 7) is 15.6. The molecule has 0 saturated carbocycles. The van der Waals surface area contributed by atoms with E-state index in [4.69, 9.17) is 5.10 Å². The quantitative estimate of drug-likeness (QED) is 0.447. The molecule has 0 N–H and O–H groups in total. The molecule has 118 valence electrons. The van der Waals surface area contributed by atoms with Gasteiger partial charge >= 0.3 is 0 Å². The van der Waals surface area contributed by atoms with Crippen LogP contribution in [0.4, 0.5) is 0 Å². The number of nitrogens with zero attached hydrogens (tertiary/aromatic N) is 3. The number of hydrogen-bond acceptors (Lipinski definition) is 3. The Hall–Kier alpha value is -0.860. The van der Waals surface area contributed by atoms with Crippen LogP contribution in [0, 0.1) is 11.8 Å². The first-order valence-electron chi connectivity index (χ1n) is 8.06. The summed E-state index contributed by atoms with van der Waals surface area (Å²) in [6, 6.07) is 0.875. The Morgan fingerprint density at radius 2 is 1.75 bits per heavy atom. The third kappa shape index (κ3) is 7.06. The Labute approximate surface area is 126 Å². The molecule has 0 bridgehead atoms. The zero-order valence-electron chi connectivity index (χ0n) is 14.8. The molecule has 0 rings (SSSR count). The van der Waals surface area contributed by atoms with Gasteiger partial charge in [-0.2, -0.15) is 5.10 Å². The van der Waals surface area contributed by atoms with Crippen LogP contribution in [0.2, 0.25) is 0 Å². The molecule has 0 aromatic heterocycles. The second-order valence-electron chi connectivity index (χ2n) is 6.49. The van der Waals surface area contributed by atoms with Gasteiger partial charge in [-0.15, -0.1) is 0 Å². The normalized spacial score (nSPS) is 16.2. The first kappa shape index (κ1) is 19.1. The predicted octanol–water partition coefficient (Wildman–Crippen LogP) is 4.62. The minimum absolute atomic E-state index is 0.430. The second kappa shape index (κ2) is 9.95. The van der Waals surface area contributed by atoms with Gasteiger partial charge in [-0.25, -0.2) is 0 Å². The number of rotatable bonds is 9. The molecule has 0 spiro atoms. The monoisotopic (exact) mass is 281 g/mol. The third-order valence-corrected chi connectivity index (χ3v) is 3.73. The average molecular weight is 281 g/mol. The summed E-state index contributed by atoms with van der Waals surface area (Å²) in [6.07, 6.45) is 5.31. The van der Waals surface area contributed by atoms with E-state index in [-0.39, 0.29) is 0 Å². The van der Waals surface area contributed by atoms with E-state index in [0.29, 0.717) is 23.9 Å². The lowest BCUT2D eigenvalue weighted by Gasteiger charge is -2.35. The molecule has 0 fully saturated rings. The van der Waals surface area contributed by atoms with Crippen LogP contribution in [0.25, 0.3) is 0 Å². The highest BCUT2D eigenvalue weighted by atomic mass is 15.5. The van der Waals surface area contributed by atoms with E-state index in [1.165, 1.54) is 5.71 Å². The van der Waals surface area contributed by atoms with Crippen molar-refractivity contribution in [3.63, 3.8) is 0 Å². The molecule has 3 nitrogen and oxygen atoms in total. The van der Waals surface area contributed by atoms with Crippen LogP contribution >= 0.6 is 0 Å². The minimum Gasteiger partial charge on any atom is -0.301 e. The van der Waals surface area contributed by atoms with Gasteiger partial charge < -0.3 is 4.99 Å². The fourth-order valence-corrected chi connectivity index (χ4v) is 2.67. The van der Waals surface area contributed by atoms with Crippen LogP contribution in [0.5, 0.6) is 0 Å². The van der Waals surface area contributed by atoms with Gasteiger partial charge in [-0.3, -0.25) is 5.01 Å². The summed E-state index contributed by atoms with van der Waals surface area (Å²) in [5.74, 6) is 1.27. The highest BCUT2D eigenvalue weighted by Crippen LogP contribution is 2.21. The molecule has 0 aromatic carbocycles. The van der Waals surface area contributed by atoms with Crippen molar-refractivity contribution in [3.8, 4) is 0 Å². The van der Waals surface area contributed by atoms with Crippen molar-refractivity contribution >= 4 is 11.9 Å². The Morgan fingerprint density at radius 1 is 1.15 bits per heavy atom. The van der Waals surface area contributed by atoms with E-state index in [1.54, 1.807) is 0 Å². The fourth-order valence-electron chi connectivity index (χ4n) is 2.67. The van der Waals surface area contributed by atoms with Crippen molar-refractivity contribution in [3.05, 3.63) is 0 Å². The first-order chi connectivity index (χ1) is 9.33. The summed E-state index contributed by atoms with van der Waals surface area (Å²) >= 11 is 0. The van der Waals surface area contributed by atoms with Gasteiger partial charge in [0.15, 0.2) is 0 Å². The first-order valence-corrected chi connectivity index (χ1v) is 8.06. The second-order valence-corrected chi connectivity index (χ2v) is 6.49. The largest absolute Gasteiger partial charge is 0.301 e. The molecule has 2 atom stereocenters. The predicted molar refractivity (Wildman–Crippen MR) is 91.8 cm³/mol. The molecule has 0 aliphatic carbocycles. The van der Waals surface area contributed by atoms with E-state index in [0.717, 1.165) is 19.3 Å². The van der Waals surface area contributed by atoms with Crippen LogP contribution in [0.1, 0.15) is 67.7 Å². The lowest BCUT2D eigenvalue weighted by atomic mass is 9.94. The molecule has 0 aliphatic rings. The summed E-state index contributed by atoms with van der Waals surface area (Å²) in [5.41, 5.74) is 1.24. The molecular formula is C17H35N3. The van der Waals surface area contributed by atoms with Gasteiger partial charge in [0.1, 0.15) is 0 Å². The van der Waals surface area contributed by atoms with Crippen LogP contribution in [0.3, 0.4) is 0 Å². The smallest absolute Gasteiger partial charge is 0.0477 e. The lowest BCUT2D eigenvalue weighted by Crippen LogP contribution is -2.40. The summed E-state index contributed by atoms with van der Waals surface area (Å²) in [4.78, 5) is 4.13. The molecule has 0 amide bonds. The standard InChI is InChI=1S/C17H35N3/c1-9-17(10-11-18-8)16(7)20(14(4)5)19-15(6)12-13(2)3/h11,13-14,16-17H,9-10,12H2,1-8H3/b18-11-,19-15+. The van der Waals surface area contributed by atoms with E-state index < -0.39 is 0 Å². The Morgan fingerprint density at radius 3 is 2.15 bits per heavy atom. The Bertz CT molecular complexity index is 305. The summed E-state index contributed by atoms with van der Waals surface area (Å²) < 4.78 is 0. The van der Waals surface area contributed by atoms with Crippen LogP contribution in [-0.4, -0.2) is 36.1 Å². The van der Waals surface area contributed by atoms with Crippen LogP contribution in [0.15, 0.2) is 10.1 Å². The van der Waals surface area contributed by atoms with Gasteiger partial charge in [0, 0.05) is 24.8 Å². The van der Waals surface area contributed by atoms with Gasteiger partial charge in [0.05, 0.1) is 0 Å². The number of hydrogen-bond donors (Lipinski definition) is 0. The molecule has 20 heavy (non-hydrogen) atoms. The molecule has 2 unspecified atom stereocenters. The number of hydrazone groups is 1. The van der Waals surface area contributed by atoms with Crippen molar-refractivity contribution < 1.29 is 0 Å². The van der Waals surface area contributed by atoms with Gasteiger partial charge in [0.2, 0.25) is 0 Å². The van der Waals surface area contributed by atoms with Crippen LogP contribution < -0.4 is 0 Å². The highest BCUT2D eigenvalue weighted by molar-refractivity contribution is 5.81. The van der Waals surface area contributed by atoms with Crippen molar-refractivity contribution in [1.82, 2.24) is 5.01 Å². The zero-order chi connectivity index (χ0) is 15.7. The molecule has 0 aromatic rings. The molecule has 0 heterocycles. The van der Waals surface area contributed by atoms with Crippen molar-refractivity contribution in [2.45, 2.75) is 79.8 Å². The minimum atomic E-state index is 0.430. The van der Waals surface area contributed by atoms with Crippen molar-refractivity contribution in [1.29, 1.82) is 0 Å². The Balaban J connectivity index is 4.96. The van der Waals surface area contributed by atoms with E-state index in [1.807, 2.05) is 13.3 Å². The molecular weight excluding hydrogens is 246 g/mol. The van der Waals surface area contributed by atoms with Crippen molar-refractivity contribution in [2.75, 3.05) is 7.05 Å². The lowest BCUT2D eigenvalue weighted by molar-refractivity contribution is 0.123. The zero-order valence-corrected chi connectivity index (χ0v) is 14.8. The van der Waals surface area contributed by atoms with E-state index >= 15 is 0 Å². The SMILES string of the molecule is CCC(C/C=N\C)C(C)N(/N=C(\C)CC(C)C)C(C)C. The highest BCUT2D eigenvalue weighted by Gasteiger charge is 2.23. The summed E-state index contributed by atoms with van der Waals surface area (Å²) in [5, 5.41) is 7.19. The molecule has 0 radical (unpaired) electrons. The van der Waals surface area contributed by atoms with Crippen LogP contribution in [-0.2, 0) is 0 Å². The number of aliphatic imine (C=N–C) groups is 1. The topological polar surface area (TPSA) is 28.0 Å². The third-order valence-electron chi connectivity index (χ3n) is 3.73. The molecule has 0 saturated heterocycles. The maximum atomic E-state index is 4.90. The van der Waals surface area contributed by atoms with Gasteiger partial charge in [-0.05, 0) is 58.6 Å². The van der Waals surface area contributed by atoms with Gasteiger partial charge in [-0.1, -0.05) is 27.2 Å². The van der Waals surface area contributed by atoms with Gasteiger partial charge in [0.25, 0.3) is 0 Å². The fraction of sp³-hybridized carbons (Fsp3) is 0.882. The molecule has 0 aliphatic heterocycles. The average Bonchev–Trinajstić information content (AvgIpc) is 2.35.